The summed E-state index contributed by atoms with van der Waals surface area (Å²) in [6, 6.07) is 4.44. The summed E-state index contributed by atoms with van der Waals surface area (Å²) in [5.41, 5.74) is 9.08. The number of hydrogen-bond acceptors (Lipinski definition) is 3. The molecular formula is C12H12FN3O2. The van der Waals surface area contributed by atoms with Crippen molar-refractivity contribution in [3.05, 3.63) is 51.3 Å². The summed E-state index contributed by atoms with van der Waals surface area (Å²) in [5.74, 6) is -1.14. The molecule has 1 aromatic carbocycles. The van der Waals surface area contributed by atoms with Crippen LogP contribution in [0.15, 0.2) is 29.0 Å². The van der Waals surface area contributed by atoms with Crippen LogP contribution in [-0.4, -0.2) is 12.6 Å². The van der Waals surface area contributed by atoms with Gasteiger partial charge in [0.15, 0.2) is 0 Å². The van der Waals surface area contributed by atoms with Gasteiger partial charge < -0.3 is 4.74 Å². The molecule has 5 nitrogen and oxygen atoms in total. The maximum Gasteiger partial charge on any atom is 0.340 e. The van der Waals surface area contributed by atoms with Gasteiger partial charge in [0.2, 0.25) is 0 Å². The van der Waals surface area contributed by atoms with Crippen LogP contribution in [0.1, 0.15) is 18.1 Å². The molecule has 0 aliphatic rings. The van der Waals surface area contributed by atoms with Gasteiger partial charge in [0, 0.05) is 4.91 Å². The van der Waals surface area contributed by atoms with E-state index in [0.717, 1.165) is 0 Å². The van der Waals surface area contributed by atoms with Gasteiger partial charge >= 0.3 is 5.97 Å². The average molecular weight is 249 g/mol. The van der Waals surface area contributed by atoms with Gasteiger partial charge in [0.05, 0.1) is 6.61 Å². The van der Waals surface area contributed by atoms with Crippen molar-refractivity contribution < 1.29 is 13.9 Å². The van der Waals surface area contributed by atoms with Gasteiger partial charge in [-0.15, -0.1) is 0 Å². The highest BCUT2D eigenvalue weighted by Crippen LogP contribution is 2.14. The van der Waals surface area contributed by atoms with Gasteiger partial charge in [-0.3, -0.25) is 0 Å². The first kappa shape index (κ1) is 13.7. The molecular weight excluding hydrogens is 237 g/mol. The van der Waals surface area contributed by atoms with E-state index < -0.39 is 11.8 Å². The first-order valence-electron chi connectivity index (χ1n) is 5.28. The monoisotopic (exact) mass is 249 g/mol. The summed E-state index contributed by atoms with van der Waals surface area (Å²) in [4.78, 5) is 14.0. The minimum absolute atomic E-state index is 0.166. The van der Waals surface area contributed by atoms with Gasteiger partial charge in [0.25, 0.3) is 0 Å². The molecule has 0 radical (unpaired) electrons. The lowest BCUT2D eigenvalue weighted by molar-refractivity contribution is -0.138. The number of carbonyl (C=O) groups excluding carboxylic acids is 1. The molecule has 0 heterocycles. The number of halogens is 1. The third kappa shape index (κ3) is 3.61. The van der Waals surface area contributed by atoms with Gasteiger partial charge in [0.1, 0.15) is 11.5 Å². The zero-order valence-electron chi connectivity index (χ0n) is 10.1. The molecule has 0 atom stereocenters. The minimum Gasteiger partial charge on any atom is -0.462 e. The summed E-state index contributed by atoms with van der Waals surface area (Å²) < 4.78 is 18.0. The number of benzene rings is 1. The lowest BCUT2D eigenvalue weighted by atomic mass is 10.1. The fourth-order valence-electron chi connectivity index (χ4n) is 1.24. The highest BCUT2D eigenvalue weighted by Gasteiger charge is 2.09. The number of nitrogens with zero attached hydrogens (tertiary/aromatic N) is 3. The van der Waals surface area contributed by atoms with Crippen molar-refractivity contribution in [2.45, 2.75) is 13.8 Å². The maximum atomic E-state index is 13.3. The van der Waals surface area contributed by atoms with Gasteiger partial charge in [-0.1, -0.05) is 17.2 Å². The lowest BCUT2D eigenvalue weighted by Crippen LogP contribution is -2.05. The Morgan fingerprint density at radius 2 is 2.33 bits per heavy atom. The highest BCUT2D eigenvalue weighted by atomic mass is 19.1. The van der Waals surface area contributed by atoms with Crippen molar-refractivity contribution in [1.82, 2.24) is 0 Å². The van der Waals surface area contributed by atoms with Gasteiger partial charge in [-0.05, 0) is 42.6 Å². The first-order valence-corrected chi connectivity index (χ1v) is 5.28. The fourth-order valence-corrected chi connectivity index (χ4v) is 1.24. The van der Waals surface area contributed by atoms with Crippen molar-refractivity contribution in [3.8, 4) is 0 Å². The van der Waals surface area contributed by atoms with Crippen LogP contribution in [0.2, 0.25) is 0 Å². The Kier molecular flexibility index (Phi) is 4.90. The molecule has 0 saturated carbocycles. The number of ether oxygens (including phenoxy) is 1. The summed E-state index contributed by atoms with van der Waals surface area (Å²) >= 11 is 0. The minimum atomic E-state index is -0.740. The normalized spacial score (nSPS) is 10.7. The third-order valence-corrected chi connectivity index (χ3v) is 2.14. The van der Waals surface area contributed by atoms with E-state index in [-0.39, 0.29) is 12.3 Å². The number of esters is 1. The van der Waals surface area contributed by atoms with E-state index in [2.05, 4.69) is 10.0 Å². The molecule has 0 amide bonds. The van der Waals surface area contributed by atoms with E-state index in [9.17, 15) is 9.18 Å². The molecule has 1 aromatic rings. The number of aryl methyl sites for hydroxylation is 1. The third-order valence-electron chi connectivity index (χ3n) is 2.14. The molecule has 18 heavy (non-hydrogen) atoms. The van der Waals surface area contributed by atoms with Crippen molar-refractivity contribution in [3.63, 3.8) is 0 Å². The Bertz CT molecular complexity index is 534. The summed E-state index contributed by atoms with van der Waals surface area (Å²) in [5, 5.41) is 3.23. The standard InChI is InChI=1S/C12H12FN3O2/c1-3-18-12(17)11(15-16-14)7-9-5-4-8(2)10(13)6-9/h4-7H,3H2,1-2H3. The van der Waals surface area contributed by atoms with Crippen LogP contribution in [-0.2, 0) is 9.53 Å². The quantitative estimate of drug-likeness (QED) is 0.270. The maximum absolute atomic E-state index is 13.3. The summed E-state index contributed by atoms with van der Waals surface area (Å²) in [6.07, 6.45) is 1.28. The van der Waals surface area contributed by atoms with Crippen LogP contribution in [0.25, 0.3) is 16.5 Å². The Morgan fingerprint density at radius 1 is 1.61 bits per heavy atom. The van der Waals surface area contributed by atoms with Crippen LogP contribution >= 0.6 is 0 Å². The van der Waals surface area contributed by atoms with E-state index >= 15 is 0 Å². The molecule has 6 heteroatoms. The second-order valence-electron chi connectivity index (χ2n) is 3.45. The van der Waals surface area contributed by atoms with E-state index in [1.165, 1.54) is 12.1 Å². The van der Waals surface area contributed by atoms with Crippen LogP contribution in [0.4, 0.5) is 4.39 Å². The van der Waals surface area contributed by atoms with E-state index in [0.29, 0.717) is 11.1 Å². The summed E-state index contributed by atoms with van der Waals surface area (Å²) in [6.45, 7) is 3.43. The van der Waals surface area contributed by atoms with E-state index in [1.807, 2.05) is 0 Å². The molecule has 0 unspecified atom stereocenters. The van der Waals surface area contributed by atoms with E-state index in [1.54, 1.807) is 26.0 Å². The van der Waals surface area contributed by atoms with Crippen molar-refractivity contribution in [1.29, 1.82) is 0 Å². The lowest BCUT2D eigenvalue weighted by Gasteiger charge is -2.02. The van der Waals surface area contributed by atoms with Crippen LogP contribution < -0.4 is 0 Å². The molecule has 0 aliphatic carbocycles. The Hall–Kier alpha value is -2.33. The molecule has 0 aromatic heterocycles. The zero-order valence-corrected chi connectivity index (χ0v) is 10.1. The van der Waals surface area contributed by atoms with Crippen LogP contribution in [0.3, 0.4) is 0 Å². The molecule has 0 saturated heterocycles. The molecule has 0 aliphatic heterocycles. The highest BCUT2D eigenvalue weighted by molar-refractivity contribution is 5.93. The zero-order chi connectivity index (χ0) is 13.5. The average Bonchev–Trinajstić information content (AvgIpc) is 2.33. The molecule has 0 bridgehead atoms. The Morgan fingerprint density at radius 3 is 2.89 bits per heavy atom. The second kappa shape index (κ2) is 6.42. The molecule has 1 rings (SSSR count). The van der Waals surface area contributed by atoms with Crippen molar-refractivity contribution >= 4 is 12.0 Å². The second-order valence-corrected chi connectivity index (χ2v) is 3.45. The van der Waals surface area contributed by atoms with Crippen molar-refractivity contribution in [2.75, 3.05) is 6.61 Å². The number of carbonyl (C=O) groups is 1. The smallest absolute Gasteiger partial charge is 0.340 e. The Labute approximate surface area is 104 Å². The topological polar surface area (TPSA) is 75.1 Å². The predicted molar refractivity (Wildman–Crippen MR) is 64.9 cm³/mol. The van der Waals surface area contributed by atoms with Crippen molar-refractivity contribution in [2.24, 2.45) is 5.11 Å². The number of rotatable bonds is 4. The SMILES string of the molecule is CCOC(=O)C(=Cc1ccc(C)c(F)c1)N=[N+]=[N-]. The van der Waals surface area contributed by atoms with Crippen LogP contribution in [0, 0.1) is 12.7 Å². The van der Waals surface area contributed by atoms with Gasteiger partial charge in [-0.2, -0.15) is 0 Å². The van der Waals surface area contributed by atoms with Gasteiger partial charge in [-0.25, -0.2) is 9.18 Å². The predicted octanol–water partition coefficient (Wildman–Crippen LogP) is 3.35. The Balaban J connectivity index is 3.11. The number of hydrogen-bond donors (Lipinski definition) is 0. The molecule has 0 fully saturated rings. The largest absolute Gasteiger partial charge is 0.462 e. The molecule has 0 N–H and O–H groups in total. The number of azide groups is 1. The van der Waals surface area contributed by atoms with Crippen LogP contribution in [0.5, 0.6) is 0 Å². The molecule has 0 spiro atoms. The van der Waals surface area contributed by atoms with E-state index in [4.69, 9.17) is 10.3 Å². The molecule has 94 valence electrons. The first-order chi connectivity index (χ1) is 8.58. The summed E-state index contributed by atoms with van der Waals surface area (Å²) in [7, 11) is 0. The fraction of sp³-hybridized carbons (Fsp3) is 0.250.